The highest BCUT2D eigenvalue weighted by Gasteiger charge is 2.15. The number of thiophene rings is 1. The summed E-state index contributed by atoms with van der Waals surface area (Å²) in [5, 5.41) is 1.66. The number of amides is 2. The van der Waals surface area contributed by atoms with Gasteiger partial charge in [-0.2, -0.15) is 0 Å². The van der Waals surface area contributed by atoms with Gasteiger partial charge >= 0.3 is 0 Å². The normalized spacial score (nSPS) is 10.7. The van der Waals surface area contributed by atoms with Gasteiger partial charge in [0.2, 0.25) is 5.91 Å². The number of hydrogen-bond donors (Lipinski definition) is 2. The zero-order valence-corrected chi connectivity index (χ0v) is 15.6. The van der Waals surface area contributed by atoms with Gasteiger partial charge in [0.25, 0.3) is 5.91 Å². The Balaban J connectivity index is 1.60. The van der Waals surface area contributed by atoms with Crippen LogP contribution in [-0.4, -0.2) is 27.5 Å². The standard InChI is InChI=1S/C17H15FN4O2S2/c1-9-10(2)26-17-14(9)16(19-8-20-17)25-7-13(23)21-22-15(24)11-5-3-4-6-12(11)18/h3-6,8H,7H2,1-2H3,(H,21,23)(H,22,24). The van der Waals surface area contributed by atoms with Crippen molar-refractivity contribution >= 4 is 45.1 Å². The second-order valence-electron chi connectivity index (χ2n) is 5.41. The van der Waals surface area contributed by atoms with Gasteiger partial charge in [-0.25, -0.2) is 14.4 Å². The molecule has 134 valence electrons. The van der Waals surface area contributed by atoms with E-state index in [0.717, 1.165) is 20.7 Å². The molecule has 9 heteroatoms. The molecule has 3 aromatic rings. The largest absolute Gasteiger partial charge is 0.272 e. The quantitative estimate of drug-likeness (QED) is 0.406. The maximum absolute atomic E-state index is 13.5. The van der Waals surface area contributed by atoms with Gasteiger partial charge in [0.15, 0.2) is 0 Å². The molecule has 2 N–H and O–H groups in total. The van der Waals surface area contributed by atoms with E-state index in [-0.39, 0.29) is 11.3 Å². The summed E-state index contributed by atoms with van der Waals surface area (Å²) in [4.78, 5) is 34.4. The lowest BCUT2D eigenvalue weighted by molar-refractivity contribution is -0.119. The second-order valence-corrected chi connectivity index (χ2v) is 7.58. The van der Waals surface area contributed by atoms with Crippen LogP contribution in [0, 0.1) is 19.7 Å². The molecule has 3 rings (SSSR count). The highest BCUT2D eigenvalue weighted by Crippen LogP contribution is 2.34. The molecular formula is C17H15FN4O2S2. The fourth-order valence-corrected chi connectivity index (χ4v) is 4.19. The first-order valence-electron chi connectivity index (χ1n) is 7.64. The average Bonchev–Trinajstić information content (AvgIpc) is 2.93. The Kier molecular flexibility index (Phi) is 5.48. The highest BCUT2D eigenvalue weighted by molar-refractivity contribution is 8.00. The lowest BCUT2D eigenvalue weighted by atomic mass is 10.2. The van der Waals surface area contributed by atoms with Crippen molar-refractivity contribution in [3.63, 3.8) is 0 Å². The molecule has 26 heavy (non-hydrogen) atoms. The third-order valence-corrected chi connectivity index (χ3v) is 5.81. The SMILES string of the molecule is Cc1sc2ncnc(SCC(=O)NNC(=O)c3ccccc3F)c2c1C. The van der Waals surface area contributed by atoms with E-state index in [1.165, 1.54) is 36.3 Å². The van der Waals surface area contributed by atoms with Gasteiger partial charge in [-0.3, -0.25) is 20.4 Å². The zero-order valence-electron chi connectivity index (χ0n) is 14.0. The third-order valence-electron chi connectivity index (χ3n) is 3.70. The number of fused-ring (bicyclic) bond motifs is 1. The van der Waals surface area contributed by atoms with Crippen LogP contribution in [0.5, 0.6) is 0 Å². The number of thioether (sulfide) groups is 1. The van der Waals surface area contributed by atoms with Gasteiger partial charge in [0, 0.05) is 10.3 Å². The van der Waals surface area contributed by atoms with Crippen LogP contribution in [0.2, 0.25) is 0 Å². The summed E-state index contributed by atoms with van der Waals surface area (Å²) in [6.45, 7) is 4.01. The minimum Gasteiger partial charge on any atom is -0.272 e. The number of aromatic nitrogens is 2. The van der Waals surface area contributed by atoms with Crippen LogP contribution in [0.3, 0.4) is 0 Å². The molecule has 2 heterocycles. The van der Waals surface area contributed by atoms with Gasteiger partial charge in [0.05, 0.1) is 11.3 Å². The van der Waals surface area contributed by atoms with E-state index in [1.807, 2.05) is 13.8 Å². The maximum Gasteiger partial charge on any atom is 0.272 e. The van der Waals surface area contributed by atoms with E-state index >= 15 is 0 Å². The number of rotatable bonds is 4. The van der Waals surface area contributed by atoms with Crippen LogP contribution in [0.25, 0.3) is 10.2 Å². The molecule has 0 saturated heterocycles. The molecule has 0 aliphatic carbocycles. The van der Waals surface area contributed by atoms with Crippen molar-refractivity contribution < 1.29 is 14.0 Å². The number of halogens is 1. The number of hydrogen-bond acceptors (Lipinski definition) is 6. The van der Waals surface area contributed by atoms with E-state index in [1.54, 1.807) is 17.4 Å². The van der Waals surface area contributed by atoms with Crippen molar-refractivity contribution in [2.75, 3.05) is 5.75 Å². The number of carbonyl (C=O) groups is 2. The Hall–Kier alpha value is -2.52. The van der Waals surface area contributed by atoms with Crippen molar-refractivity contribution in [2.24, 2.45) is 0 Å². The Bertz CT molecular complexity index is 990. The van der Waals surface area contributed by atoms with Crippen molar-refractivity contribution in [2.45, 2.75) is 18.9 Å². The molecule has 0 fully saturated rings. The second kappa shape index (κ2) is 7.79. The summed E-state index contributed by atoms with van der Waals surface area (Å²) >= 11 is 2.84. The molecule has 0 saturated carbocycles. The minimum absolute atomic E-state index is 0.0536. The molecule has 2 aromatic heterocycles. The summed E-state index contributed by atoms with van der Waals surface area (Å²) in [5.74, 6) is -1.73. The summed E-state index contributed by atoms with van der Waals surface area (Å²) in [7, 11) is 0. The average molecular weight is 390 g/mol. The fourth-order valence-electron chi connectivity index (χ4n) is 2.27. The monoisotopic (exact) mass is 390 g/mol. The molecule has 0 atom stereocenters. The predicted octanol–water partition coefficient (Wildman–Crippen LogP) is 3.00. The van der Waals surface area contributed by atoms with Crippen LogP contribution in [0.15, 0.2) is 35.6 Å². The van der Waals surface area contributed by atoms with Crippen LogP contribution in [0.4, 0.5) is 4.39 Å². The van der Waals surface area contributed by atoms with Gasteiger partial charge < -0.3 is 0 Å². The molecule has 0 unspecified atom stereocenters. The Morgan fingerprint density at radius 3 is 2.73 bits per heavy atom. The summed E-state index contributed by atoms with van der Waals surface area (Å²) in [5.41, 5.74) is 5.45. The number of benzene rings is 1. The first-order chi connectivity index (χ1) is 12.5. The van der Waals surface area contributed by atoms with Crippen molar-refractivity contribution in [3.8, 4) is 0 Å². The van der Waals surface area contributed by atoms with Crippen molar-refractivity contribution in [1.29, 1.82) is 0 Å². The first kappa shape index (κ1) is 18.3. The number of hydrazine groups is 1. The molecule has 2 amide bonds. The van der Waals surface area contributed by atoms with Crippen LogP contribution < -0.4 is 10.9 Å². The van der Waals surface area contributed by atoms with Gasteiger partial charge in [0.1, 0.15) is 22.0 Å². The van der Waals surface area contributed by atoms with E-state index in [0.29, 0.717) is 5.03 Å². The lowest BCUT2D eigenvalue weighted by Gasteiger charge is -2.08. The number of aryl methyl sites for hydroxylation is 2. The molecule has 0 bridgehead atoms. The maximum atomic E-state index is 13.5. The van der Waals surface area contributed by atoms with E-state index < -0.39 is 17.6 Å². The van der Waals surface area contributed by atoms with E-state index in [9.17, 15) is 14.0 Å². The Morgan fingerprint density at radius 1 is 1.19 bits per heavy atom. The zero-order chi connectivity index (χ0) is 18.7. The van der Waals surface area contributed by atoms with Crippen molar-refractivity contribution in [1.82, 2.24) is 20.8 Å². The van der Waals surface area contributed by atoms with E-state index in [4.69, 9.17) is 0 Å². The van der Waals surface area contributed by atoms with E-state index in [2.05, 4.69) is 20.8 Å². The molecule has 1 aromatic carbocycles. The summed E-state index contributed by atoms with van der Waals surface area (Å²) < 4.78 is 13.5. The third kappa shape index (κ3) is 3.83. The van der Waals surface area contributed by atoms with Gasteiger partial charge in [-0.05, 0) is 31.5 Å². The lowest BCUT2D eigenvalue weighted by Crippen LogP contribution is -2.42. The molecule has 0 aliphatic heterocycles. The molecule has 0 radical (unpaired) electrons. The number of nitrogens with one attached hydrogen (secondary N) is 2. The van der Waals surface area contributed by atoms with Gasteiger partial charge in [-0.1, -0.05) is 23.9 Å². The molecule has 0 spiro atoms. The molecule has 6 nitrogen and oxygen atoms in total. The summed E-state index contributed by atoms with van der Waals surface area (Å²) in [6.07, 6.45) is 1.47. The van der Waals surface area contributed by atoms with Crippen LogP contribution >= 0.6 is 23.1 Å². The predicted molar refractivity (Wildman–Crippen MR) is 99.6 cm³/mol. The smallest absolute Gasteiger partial charge is 0.272 e. The van der Waals surface area contributed by atoms with Crippen LogP contribution in [-0.2, 0) is 4.79 Å². The number of nitrogens with zero attached hydrogens (tertiary/aromatic N) is 2. The minimum atomic E-state index is -0.713. The molecule has 0 aliphatic rings. The Labute approximate surface area is 157 Å². The number of carbonyl (C=O) groups excluding carboxylic acids is 2. The fraction of sp³-hybridized carbons (Fsp3) is 0.176. The topological polar surface area (TPSA) is 84.0 Å². The summed E-state index contributed by atoms with van der Waals surface area (Å²) in [6, 6.07) is 5.54. The molecular weight excluding hydrogens is 375 g/mol. The van der Waals surface area contributed by atoms with Crippen molar-refractivity contribution in [3.05, 3.63) is 52.4 Å². The Morgan fingerprint density at radius 2 is 1.96 bits per heavy atom. The first-order valence-corrected chi connectivity index (χ1v) is 9.44. The van der Waals surface area contributed by atoms with Gasteiger partial charge in [-0.15, -0.1) is 11.3 Å². The highest BCUT2D eigenvalue weighted by atomic mass is 32.2. The van der Waals surface area contributed by atoms with Crippen LogP contribution in [0.1, 0.15) is 20.8 Å².